The number of halogens is 1. The Balaban J connectivity index is 1.50. The Morgan fingerprint density at radius 2 is 2.00 bits per heavy atom. The van der Waals surface area contributed by atoms with Gasteiger partial charge in [0.15, 0.2) is 5.82 Å². The highest BCUT2D eigenvalue weighted by atomic mass is 32.2. The van der Waals surface area contributed by atoms with Gasteiger partial charge in [-0.1, -0.05) is 18.2 Å². The number of fused-ring (bicyclic) bond motifs is 1. The van der Waals surface area contributed by atoms with Crippen LogP contribution >= 0.6 is 11.3 Å². The van der Waals surface area contributed by atoms with Gasteiger partial charge in [0.05, 0.1) is 21.1 Å². The van der Waals surface area contributed by atoms with Crippen LogP contribution in [0.1, 0.15) is 5.69 Å². The van der Waals surface area contributed by atoms with Gasteiger partial charge in [0, 0.05) is 30.5 Å². The number of rotatable bonds is 7. The lowest BCUT2D eigenvalue weighted by Crippen LogP contribution is -2.26. The maximum Gasteiger partial charge on any atom is 0.270 e. The molecule has 9 nitrogen and oxygen atoms in total. The molecule has 30 heavy (non-hydrogen) atoms. The molecule has 0 saturated carbocycles. The van der Waals surface area contributed by atoms with Crippen LogP contribution in [0.3, 0.4) is 0 Å². The topological polar surface area (TPSA) is 120 Å². The van der Waals surface area contributed by atoms with Gasteiger partial charge >= 0.3 is 0 Å². The van der Waals surface area contributed by atoms with E-state index in [1.807, 2.05) is 0 Å². The minimum atomic E-state index is -3.91. The number of nitrogens with zero attached hydrogens (tertiary/aromatic N) is 4. The summed E-state index contributed by atoms with van der Waals surface area (Å²) >= 11 is 1.31. The minimum Gasteiger partial charge on any atom is -0.258 e. The number of aromatic nitrogens is 3. The van der Waals surface area contributed by atoms with Crippen molar-refractivity contribution in [3.05, 3.63) is 75.5 Å². The number of benzene rings is 2. The third-order valence-corrected chi connectivity index (χ3v) is 6.60. The summed E-state index contributed by atoms with van der Waals surface area (Å²) in [5.74, 6) is -0.180. The summed E-state index contributed by atoms with van der Waals surface area (Å²) in [6.07, 6.45) is 0.300. The molecular formula is C18H14FN5O4S2. The number of hydrogen-bond acceptors (Lipinski definition) is 7. The molecule has 0 bridgehead atoms. The number of hydrogen-bond donors (Lipinski definition) is 1. The fraction of sp³-hybridized carbons (Fsp3) is 0.111. The highest BCUT2D eigenvalue weighted by Gasteiger charge is 2.18. The van der Waals surface area contributed by atoms with Crippen molar-refractivity contribution in [2.75, 3.05) is 6.54 Å². The third-order valence-electron chi connectivity index (χ3n) is 4.28. The van der Waals surface area contributed by atoms with Crippen molar-refractivity contribution in [2.24, 2.45) is 0 Å². The van der Waals surface area contributed by atoms with Gasteiger partial charge in [0.1, 0.15) is 5.82 Å². The molecule has 2 aromatic carbocycles. The van der Waals surface area contributed by atoms with Crippen LogP contribution in [-0.4, -0.2) is 34.5 Å². The van der Waals surface area contributed by atoms with Crippen LogP contribution in [0.2, 0.25) is 0 Å². The molecule has 0 aliphatic heterocycles. The van der Waals surface area contributed by atoms with Crippen molar-refractivity contribution in [2.45, 2.75) is 11.3 Å². The number of non-ortho nitro benzene ring substituents is 1. The Morgan fingerprint density at radius 1 is 1.20 bits per heavy atom. The summed E-state index contributed by atoms with van der Waals surface area (Å²) in [6.45, 7) is 0.0474. The average molecular weight is 447 g/mol. The SMILES string of the molecule is O=[N+]([O-])c1cccc(S(=O)(=O)NCCc2csc3nc(-c4ccccc4F)nn23)c1. The van der Waals surface area contributed by atoms with Crippen LogP contribution in [0.25, 0.3) is 16.3 Å². The standard InChI is InChI=1S/C18H14FN5O4S2/c19-16-7-2-1-6-15(16)17-21-18-23(22-17)13(11-29-18)8-9-20-30(27,28)14-5-3-4-12(10-14)24(25)26/h1-7,10-11,20H,8-9H2. The van der Waals surface area contributed by atoms with E-state index in [2.05, 4.69) is 14.8 Å². The van der Waals surface area contributed by atoms with E-state index in [0.717, 1.165) is 6.07 Å². The van der Waals surface area contributed by atoms with E-state index < -0.39 is 20.8 Å². The van der Waals surface area contributed by atoms with Crippen molar-refractivity contribution < 1.29 is 17.7 Å². The number of nitro benzene ring substituents is 1. The third kappa shape index (κ3) is 3.92. The van der Waals surface area contributed by atoms with E-state index in [9.17, 15) is 22.9 Å². The smallest absolute Gasteiger partial charge is 0.258 e. The van der Waals surface area contributed by atoms with Gasteiger partial charge in [-0.2, -0.15) is 4.98 Å². The van der Waals surface area contributed by atoms with Gasteiger partial charge in [-0.05, 0) is 18.2 Å². The summed E-state index contributed by atoms with van der Waals surface area (Å²) in [4.78, 5) is 14.9. The first-order valence-corrected chi connectivity index (χ1v) is 11.0. The van der Waals surface area contributed by atoms with E-state index in [-0.39, 0.29) is 28.5 Å². The summed E-state index contributed by atoms with van der Waals surface area (Å²) in [6, 6.07) is 11.0. The molecule has 0 aliphatic carbocycles. The number of nitrogens with one attached hydrogen (secondary N) is 1. The maximum absolute atomic E-state index is 14.0. The second kappa shape index (κ2) is 7.89. The van der Waals surface area contributed by atoms with Crippen molar-refractivity contribution in [1.29, 1.82) is 0 Å². The molecule has 4 rings (SSSR count). The normalized spacial score (nSPS) is 11.8. The molecule has 0 unspecified atom stereocenters. The molecule has 2 heterocycles. The summed E-state index contributed by atoms with van der Waals surface area (Å²) in [5.41, 5.74) is 0.679. The second-order valence-corrected chi connectivity index (χ2v) is 8.84. The lowest BCUT2D eigenvalue weighted by molar-refractivity contribution is -0.385. The Morgan fingerprint density at radius 3 is 2.77 bits per heavy atom. The van der Waals surface area contributed by atoms with Gasteiger partial charge in [-0.15, -0.1) is 16.4 Å². The predicted molar refractivity (Wildman–Crippen MR) is 108 cm³/mol. The molecule has 154 valence electrons. The number of thiazole rings is 1. The van der Waals surface area contributed by atoms with Crippen molar-refractivity contribution >= 4 is 32.0 Å². The van der Waals surface area contributed by atoms with E-state index in [4.69, 9.17) is 0 Å². The molecule has 4 aromatic rings. The summed E-state index contributed by atoms with van der Waals surface area (Å²) in [5, 5.41) is 17.0. The van der Waals surface area contributed by atoms with Gasteiger partial charge < -0.3 is 0 Å². The molecule has 0 aliphatic rings. The number of nitro groups is 1. The second-order valence-electron chi connectivity index (χ2n) is 6.24. The molecule has 2 aromatic heterocycles. The Bertz CT molecular complexity index is 1350. The molecule has 0 amide bonds. The first-order chi connectivity index (χ1) is 14.3. The summed E-state index contributed by atoms with van der Waals surface area (Å²) in [7, 11) is -3.91. The predicted octanol–water partition coefficient (Wildman–Crippen LogP) is 3.03. The molecule has 0 radical (unpaired) electrons. The monoisotopic (exact) mass is 447 g/mol. The maximum atomic E-state index is 14.0. The zero-order valence-corrected chi connectivity index (χ0v) is 16.9. The van der Waals surface area contributed by atoms with Crippen LogP contribution < -0.4 is 4.72 Å². The lowest BCUT2D eigenvalue weighted by Gasteiger charge is -2.06. The van der Waals surface area contributed by atoms with Crippen LogP contribution in [0.15, 0.2) is 58.8 Å². The average Bonchev–Trinajstić information content (AvgIpc) is 3.30. The molecular weight excluding hydrogens is 433 g/mol. The van der Waals surface area contributed by atoms with Gasteiger partial charge in [-0.3, -0.25) is 10.1 Å². The Hall–Kier alpha value is -3.22. The molecule has 0 fully saturated rings. The van der Waals surface area contributed by atoms with Crippen molar-refractivity contribution in [3.8, 4) is 11.4 Å². The summed E-state index contributed by atoms with van der Waals surface area (Å²) < 4.78 is 42.8. The quantitative estimate of drug-likeness (QED) is 0.344. The van der Waals surface area contributed by atoms with E-state index in [1.165, 1.54) is 35.6 Å². The van der Waals surface area contributed by atoms with E-state index >= 15 is 0 Å². The van der Waals surface area contributed by atoms with Crippen LogP contribution in [0.4, 0.5) is 10.1 Å². The first-order valence-electron chi connectivity index (χ1n) is 8.67. The molecule has 0 saturated heterocycles. The lowest BCUT2D eigenvalue weighted by atomic mass is 10.2. The van der Waals surface area contributed by atoms with Crippen LogP contribution in [0, 0.1) is 15.9 Å². The van der Waals surface area contributed by atoms with Gasteiger partial charge in [0.25, 0.3) is 5.69 Å². The highest BCUT2D eigenvalue weighted by Crippen LogP contribution is 2.23. The van der Waals surface area contributed by atoms with E-state index in [0.29, 0.717) is 17.1 Å². The molecule has 1 N–H and O–H groups in total. The van der Waals surface area contributed by atoms with E-state index in [1.54, 1.807) is 28.1 Å². The van der Waals surface area contributed by atoms with Crippen molar-refractivity contribution in [3.63, 3.8) is 0 Å². The zero-order chi connectivity index (χ0) is 21.3. The Labute approximate surface area is 174 Å². The minimum absolute atomic E-state index is 0.0474. The zero-order valence-electron chi connectivity index (χ0n) is 15.2. The fourth-order valence-electron chi connectivity index (χ4n) is 2.81. The molecule has 12 heteroatoms. The largest absolute Gasteiger partial charge is 0.270 e. The van der Waals surface area contributed by atoms with Crippen LogP contribution in [0.5, 0.6) is 0 Å². The number of sulfonamides is 1. The van der Waals surface area contributed by atoms with Crippen LogP contribution in [-0.2, 0) is 16.4 Å². The van der Waals surface area contributed by atoms with Crippen molar-refractivity contribution in [1.82, 2.24) is 19.3 Å². The molecule has 0 spiro atoms. The van der Waals surface area contributed by atoms with Gasteiger partial charge in [0.2, 0.25) is 15.0 Å². The van der Waals surface area contributed by atoms with Gasteiger partial charge in [-0.25, -0.2) is 22.0 Å². The fourth-order valence-corrected chi connectivity index (χ4v) is 4.74. The highest BCUT2D eigenvalue weighted by molar-refractivity contribution is 7.89. The Kier molecular flexibility index (Phi) is 5.28. The molecule has 0 atom stereocenters. The first kappa shape index (κ1) is 20.1.